The van der Waals surface area contributed by atoms with Gasteiger partial charge in [0.2, 0.25) is 10.0 Å². The fraction of sp³-hybridized carbons (Fsp3) is 0.304. The van der Waals surface area contributed by atoms with Gasteiger partial charge in [-0.3, -0.25) is 19.9 Å². The summed E-state index contributed by atoms with van der Waals surface area (Å²) in [5, 5.41) is 9.99. The number of benzene rings is 2. The summed E-state index contributed by atoms with van der Waals surface area (Å²) in [4.78, 5) is 18.1. The Balaban J connectivity index is 1.66. The molecule has 1 amide bonds. The maximum absolute atomic E-state index is 12.7. The van der Waals surface area contributed by atoms with Gasteiger partial charge in [-0.1, -0.05) is 32.0 Å². The van der Waals surface area contributed by atoms with Crippen LogP contribution in [0.4, 0.5) is 0 Å². The molecule has 0 radical (unpaired) electrons. The van der Waals surface area contributed by atoms with E-state index < -0.39 is 22.0 Å². The third kappa shape index (κ3) is 6.05. The van der Waals surface area contributed by atoms with Crippen molar-refractivity contribution in [2.45, 2.75) is 31.4 Å². The van der Waals surface area contributed by atoms with E-state index in [9.17, 15) is 13.2 Å². The van der Waals surface area contributed by atoms with E-state index in [1.54, 1.807) is 28.7 Å². The van der Waals surface area contributed by atoms with E-state index in [0.717, 1.165) is 16.5 Å². The number of nitrogens with one attached hydrogen (secondary N) is 2. The molecule has 3 N–H and O–H groups in total. The topological polar surface area (TPSA) is 121 Å². The van der Waals surface area contributed by atoms with E-state index in [2.05, 4.69) is 9.71 Å². The van der Waals surface area contributed by atoms with Gasteiger partial charge in [-0.2, -0.15) is 0 Å². The molecule has 0 saturated carbocycles. The van der Waals surface area contributed by atoms with Crippen LogP contribution in [-0.4, -0.2) is 55.1 Å². The molecule has 1 atom stereocenters. The third-order valence-electron chi connectivity index (χ3n) is 5.40. The van der Waals surface area contributed by atoms with E-state index in [4.69, 9.17) is 9.94 Å². The predicted octanol–water partition coefficient (Wildman–Crippen LogP) is 2.31. The van der Waals surface area contributed by atoms with E-state index in [-0.39, 0.29) is 11.4 Å². The summed E-state index contributed by atoms with van der Waals surface area (Å²) in [6, 6.07) is 14.9. The molecule has 0 saturated heterocycles. The van der Waals surface area contributed by atoms with Crippen molar-refractivity contribution in [3.8, 4) is 5.75 Å². The molecule has 0 bridgehead atoms. The van der Waals surface area contributed by atoms with Gasteiger partial charge in [-0.05, 0) is 49.5 Å². The second-order valence-corrected chi connectivity index (χ2v) is 9.08. The highest BCUT2D eigenvalue weighted by Gasteiger charge is 2.26. The maximum Gasteiger partial charge on any atom is 0.262 e. The van der Waals surface area contributed by atoms with Crippen LogP contribution in [0.3, 0.4) is 0 Å². The van der Waals surface area contributed by atoms with Crippen LogP contribution in [0.2, 0.25) is 0 Å². The molecular formula is C23H28N4O5S. The summed E-state index contributed by atoms with van der Waals surface area (Å²) in [7, 11) is -3.86. The summed E-state index contributed by atoms with van der Waals surface area (Å²) < 4.78 is 33.7. The van der Waals surface area contributed by atoms with Crippen molar-refractivity contribution < 1.29 is 23.2 Å². The van der Waals surface area contributed by atoms with Gasteiger partial charge in [0.1, 0.15) is 18.4 Å². The van der Waals surface area contributed by atoms with Crippen LogP contribution in [0.1, 0.15) is 19.4 Å². The van der Waals surface area contributed by atoms with Crippen molar-refractivity contribution in [3.63, 3.8) is 0 Å². The van der Waals surface area contributed by atoms with E-state index in [1.165, 1.54) is 12.1 Å². The highest BCUT2D eigenvalue weighted by molar-refractivity contribution is 7.89. The Morgan fingerprint density at radius 2 is 1.79 bits per heavy atom. The lowest BCUT2D eigenvalue weighted by atomic mass is 10.1. The molecule has 2 aromatic carbocycles. The Kier molecular flexibility index (Phi) is 8.34. The molecule has 33 heavy (non-hydrogen) atoms. The minimum absolute atomic E-state index is 0.0481. The van der Waals surface area contributed by atoms with Gasteiger partial charge >= 0.3 is 0 Å². The Morgan fingerprint density at radius 3 is 2.45 bits per heavy atom. The van der Waals surface area contributed by atoms with Crippen molar-refractivity contribution in [3.05, 3.63) is 66.4 Å². The average molecular weight is 473 g/mol. The van der Waals surface area contributed by atoms with Crippen LogP contribution in [0.25, 0.3) is 10.9 Å². The number of sulfonamides is 1. The zero-order chi connectivity index (χ0) is 23.8. The fourth-order valence-corrected chi connectivity index (χ4v) is 4.59. The van der Waals surface area contributed by atoms with Crippen LogP contribution >= 0.6 is 0 Å². The van der Waals surface area contributed by atoms with Gasteiger partial charge in [0.15, 0.2) is 0 Å². The van der Waals surface area contributed by atoms with Gasteiger partial charge in [0.05, 0.1) is 10.4 Å². The number of pyridine rings is 1. The number of ether oxygens (including phenoxy) is 1. The largest absolute Gasteiger partial charge is 0.489 e. The molecule has 176 valence electrons. The van der Waals surface area contributed by atoms with Crippen LogP contribution in [0.15, 0.2) is 65.7 Å². The number of aromatic nitrogens is 1. The van der Waals surface area contributed by atoms with Crippen LogP contribution < -0.4 is 14.9 Å². The minimum atomic E-state index is -3.86. The summed E-state index contributed by atoms with van der Waals surface area (Å²) in [5.41, 5.74) is 3.45. The highest BCUT2D eigenvalue weighted by Crippen LogP contribution is 2.20. The molecule has 0 aliphatic rings. The lowest BCUT2D eigenvalue weighted by Crippen LogP contribution is -2.52. The van der Waals surface area contributed by atoms with Gasteiger partial charge in [-0.25, -0.2) is 18.6 Å². The summed E-state index contributed by atoms with van der Waals surface area (Å²) in [6.07, 6.45) is 1.73. The number of likely N-dealkylation sites (N-methyl/N-ethyl adjacent to an activating group) is 1. The number of para-hydroxylation sites is 1. The number of hydrogen-bond acceptors (Lipinski definition) is 7. The molecule has 10 heteroatoms. The highest BCUT2D eigenvalue weighted by atomic mass is 32.2. The first-order valence-electron chi connectivity index (χ1n) is 10.6. The molecule has 3 aromatic rings. The predicted molar refractivity (Wildman–Crippen MR) is 124 cm³/mol. The van der Waals surface area contributed by atoms with Gasteiger partial charge in [0, 0.05) is 23.7 Å². The second-order valence-electron chi connectivity index (χ2n) is 7.31. The van der Waals surface area contributed by atoms with Crippen molar-refractivity contribution in [2.24, 2.45) is 0 Å². The lowest BCUT2D eigenvalue weighted by molar-refractivity contribution is -0.134. The summed E-state index contributed by atoms with van der Waals surface area (Å²) >= 11 is 0. The Hall–Kier alpha value is -3.05. The van der Waals surface area contributed by atoms with E-state index in [1.807, 2.05) is 44.2 Å². The Labute approximate surface area is 193 Å². The second kappa shape index (κ2) is 11.2. The molecule has 0 spiro atoms. The standard InChI is InChI=1S/C23H28N4O5S/c1-3-27(4-2)22(23(28)26-29)15-25-33(30,31)19-11-9-18(10-12-19)32-16-17-13-14-24-21-8-6-5-7-20(17)21/h5-14,22,25,29H,3-4,15-16H2,1-2H3,(H,26,28). The molecule has 0 aliphatic carbocycles. The van der Waals surface area contributed by atoms with Crippen LogP contribution in [-0.2, 0) is 21.4 Å². The van der Waals surface area contributed by atoms with Crippen molar-refractivity contribution in [1.29, 1.82) is 0 Å². The quantitative estimate of drug-likeness (QED) is 0.289. The van der Waals surface area contributed by atoms with Crippen molar-refractivity contribution in [1.82, 2.24) is 20.1 Å². The molecule has 0 aliphatic heterocycles. The number of fused-ring (bicyclic) bond motifs is 1. The number of amides is 1. The first kappa shape index (κ1) is 24.6. The van der Waals surface area contributed by atoms with Crippen molar-refractivity contribution in [2.75, 3.05) is 19.6 Å². The summed E-state index contributed by atoms with van der Waals surface area (Å²) in [6.45, 7) is 4.88. The Bertz CT molecular complexity index is 1180. The molecule has 9 nitrogen and oxygen atoms in total. The molecule has 1 aromatic heterocycles. The lowest BCUT2D eigenvalue weighted by Gasteiger charge is -2.27. The SMILES string of the molecule is CCN(CC)C(CNS(=O)(=O)c1ccc(OCc2ccnc3ccccc23)cc1)C(=O)NO. The third-order valence-corrected chi connectivity index (χ3v) is 6.84. The number of hydrogen-bond donors (Lipinski definition) is 3. The Morgan fingerprint density at radius 1 is 1.09 bits per heavy atom. The van der Waals surface area contributed by atoms with Crippen LogP contribution in [0, 0.1) is 0 Å². The van der Waals surface area contributed by atoms with Gasteiger partial charge < -0.3 is 4.74 Å². The normalized spacial score (nSPS) is 12.6. The molecule has 1 heterocycles. The van der Waals surface area contributed by atoms with Gasteiger partial charge in [-0.15, -0.1) is 0 Å². The molecule has 3 rings (SSSR count). The molecule has 1 unspecified atom stereocenters. The van der Waals surface area contributed by atoms with E-state index >= 15 is 0 Å². The number of rotatable bonds is 11. The van der Waals surface area contributed by atoms with E-state index in [0.29, 0.717) is 25.4 Å². The minimum Gasteiger partial charge on any atom is -0.489 e. The molecule has 0 fully saturated rings. The zero-order valence-electron chi connectivity index (χ0n) is 18.6. The smallest absolute Gasteiger partial charge is 0.262 e. The molecular weight excluding hydrogens is 444 g/mol. The maximum atomic E-state index is 12.7. The van der Waals surface area contributed by atoms with Crippen LogP contribution in [0.5, 0.6) is 5.75 Å². The number of hydroxylamine groups is 1. The average Bonchev–Trinajstić information content (AvgIpc) is 2.85. The van der Waals surface area contributed by atoms with Crippen molar-refractivity contribution >= 4 is 26.8 Å². The monoisotopic (exact) mass is 472 g/mol. The first-order valence-corrected chi connectivity index (χ1v) is 12.1. The number of carbonyl (C=O) groups is 1. The van der Waals surface area contributed by atoms with Gasteiger partial charge in [0.25, 0.3) is 5.91 Å². The fourth-order valence-electron chi connectivity index (χ4n) is 3.56. The summed E-state index contributed by atoms with van der Waals surface area (Å²) in [5.74, 6) is -0.149. The number of carbonyl (C=O) groups excluding carboxylic acids is 1. The number of nitrogens with zero attached hydrogens (tertiary/aromatic N) is 2. The zero-order valence-corrected chi connectivity index (χ0v) is 19.4. The first-order chi connectivity index (χ1) is 15.9.